The SMILES string of the molecule is CCCc1[nH]nc(C(=O)NCC(C)N(C)C)c1N. The van der Waals surface area contributed by atoms with Gasteiger partial charge in [-0.25, -0.2) is 0 Å². The monoisotopic (exact) mass is 253 g/mol. The summed E-state index contributed by atoms with van der Waals surface area (Å²) in [6, 6.07) is 0.268. The molecule has 6 nitrogen and oxygen atoms in total. The summed E-state index contributed by atoms with van der Waals surface area (Å²) in [5.74, 6) is -0.222. The van der Waals surface area contributed by atoms with Gasteiger partial charge in [-0.3, -0.25) is 9.89 Å². The predicted molar refractivity (Wildman–Crippen MR) is 72.5 cm³/mol. The number of hydrogen-bond acceptors (Lipinski definition) is 4. The lowest BCUT2D eigenvalue weighted by atomic mass is 10.2. The molecule has 18 heavy (non-hydrogen) atoms. The zero-order chi connectivity index (χ0) is 13.7. The van der Waals surface area contributed by atoms with Crippen molar-refractivity contribution in [3.63, 3.8) is 0 Å². The minimum atomic E-state index is -0.222. The van der Waals surface area contributed by atoms with Crippen LogP contribution in [0.25, 0.3) is 0 Å². The number of amides is 1. The van der Waals surface area contributed by atoms with E-state index in [1.807, 2.05) is 25.9 Å². The van der Waals surface area contributed by atoms with Gasteiger partial charge in [-0.2, -0.15) is 5.10 Å². The molecule has 1 atom stereocenters. The third-order valence-electron chi connectivity index (χ3n) is 3.04. The topological polar surface area (TPSA) is 87.0 Å². The first-order valence-electron chi connectivity index (χ1n) is 6.24. The molecule has 1 heterocycles. The van der Waals surface area contributed by atoms with Gasteiger partial charge in [-0.05, 0) is 27.4 Å². The van der Waals surface area contributed by atoms with Crippen molar-refractivity contribution < 1.29 is 4.79 Å². The van der Waals surface area contributed by atoms with Crippen molar-refractivity contribution in [3.8, 4) is 0 Å². The molecular formula is C12H23N5O. The Labute approximate surface area is 108 Å². The van der Waals surface area contributed by atoms with Gasteiger partial charge in [0.2, 0.25) is 0 Å². The molecule has 0 saturated heterocycles. The minimum absolute atomic E-state index is 0.222. The number of likely N-dealkylation sites (N-methyl/N-ethyl adjacent to an activating group) is 1. The zero-order valence-electron chi connectivity index (χ0n) is 11.6. The van der Waals surface area contributed by atoms with Crippen molar-refractivity contribution in [3.05, 3.63) is 11.4 Å². The van der Waals surface area contributed by atoms with E-state index in [0.29, 0.717) is 17.9 Å². The first kappa shape index (κ1) is 14.5. The highest BCUT2D eigenvalue weighted by Crippen LogP contribution is 2.15. The Kier molecular flexibility index (Phi) is 5.15. The van der Waals surface area contributed by atoms with Crippen molar-refractivity contribution in [2.45, 2.75) is 32.7 Å². The molecule has 4 N–H and O–H groups in total. The molecule has 0 fully saturated rings. The molecule has 0 saturated carbocycles. The van der Waals surface area contributed by atoms with Crippen LogP contribution in [0.15, 0.2) is 0 Å². The Morgan fingerprint density at radius 3 is 2.78 bits per heavy atom. The number of carbonyl (C=O) groups excluding carboxylic acids is 1. The average molecular weight is 253 g/mol. The lowest BCUT2D eigenvalue weighted by Crippen LogP contribution is -2.38. The van der Waals surface area contributed by atoms with Crippen LogP contribution in [0.3, 0.4) is 0 Å². The van der Waals surface area contributed by atoms with E-state index in [9.17, 15) is 4.79 Å². The fourth-order valence-electron chi connectivity index (χ4n) is 1.51. The van der Waals surface area contributed by atoms with Crippen molar-refractivity contribution in [1.29, 1.82) is 0 Å². The number of hydrogen-bond donors (Lipinski definition) is 3. The number of nitrogen functional groups attached to an aromatic ring is 1. The van der Waals surface area contributed by atoms with E-state index >= 15 is 0 Å². The van der Waals surface area contributed by atoms with Gasteiger partial charge in [-0.15, -0.1) is 0 Å². The minimum Gasteiger partial charge on any atom is -0.395 e. The van der Waals surface area contributed by atoms with E-state index in [1.54, 1.807) is 0 Å². The molecular weight excluding hydrogens is 230 g/mol. The molecule has 1 rings (SSSR count). The molecule has 0 radical (unpaired) electrons. The Morgan fingerprint density at radius 1 is 1.56 bits per heavy atom. The van der Waals surface area contributed by atoms with Crippen molar-refractivity contribution in [2.24, 2.45) is 0 Å². The first-order valence-corrected chi connectivity index (χ1v) is 6.24. The second-order valence-electron chi connectivity index (χ2n) is 4.74. The molecule has 0 aromatic carbocycles. The van der Waals surface area contributed by atoms with Crippen molar-refractivity contribution >= 4 is 11.6 Å². The van der Waals surface area contributed by atoms with Crippen LogP contribution in [-0.2, 0) is 6.42 Å². The fourth-order valence-corrected chi connectivity index (χ4v) is 1.51. The summed E-state index contributed by atoms with van der Waals surface area (Å²) >= 11 is 0. The summed E-state index contributed by atoms with van der Waals surface area (Å²) < 4.78 is 0. The van der Waals surface area contributed by atoms with Gasteiger partial charge < -0.3 is 16.0 Å². The van der Waals surface area contributed by atoms with E-state index in [0.717, 1.165) is 18.5 Å². The van der Waals surface area contributed by atoms with Crippen LogP contribution in [0.2, 0.25) is 0 Å². The summed E-state index contributed by atoms with van der Waals surface area (Å²) in [6.45, 7) is 4.66. The maximum atomic E-state index is 11.9. The Balaban J connectivity index is 2.62. The number of carbonyl (C=O) groups is 1. The largest absolute Gasteiger partial charge is 0.395 e. The van der Waals surface area contributed by atoms with Crippen LogP contribution in [0, 0.1) is 0 Å². The number of aromatic nitrogens is 2. The van der Waals surface area contributed by atoms with Gasteiger partial charge in [0.05, 0.1) is 11.4 Å². The van der Waals surface area contributed by atoms with Crippen molar-refractivity contribution in [2.75, 3.05) is 26.4 Å². The van der Waals surface area contributed by atoms with E-state index in [2.05, 4.69) is 22.4 Å². The zero-order valence-corrected chi connectivity index (χ0v) is 11.6. The average Bonchev–Trinajstić information content (AvgIpc) is 2.68. The quantitative estimate of drug-likeness (QED) is 0.693. The number of rotatable bonds is 6. The summed E-state index contributed by atoms with van der Waals surface area (Å²) in [5, 5.41) is 9.63. The van der Waals surface area contributed by atoms with Crippen LogP contribution < -0.4 is 11.1 Å². The van der Waals surface area contributed by atoms with Gasteiger partial charge in [0.15, 0.2) is 5.69 Å². The smallest absolute Gasteiger partial charge is 0.273 e. The Morgan fingerprint density at radius 2 is 2.22 bits per heavy atom. The molecule has 0 bridgehead atoms. The molecule has 0 aliphatic heterocycles. The molecule has 1 amide bonds. The summed E-state index contributed by atoms with van der Waals surface area (Å²) in [5.41, 5.74) is 7.49. The van der Waals surface area contributed by atoms with Gasteiger partial charge in [0.25, 0.3) is 5.91 Å². The number of nitrogens with zero attached hydrogens (tertiary/aromatic N) is 2. The van der Waals surface area contributed by atoms with Crippen LogP contribution in [0.5, 0.6) is 0 Å². The molecule has 1 unspecified atom stereocenters. The lowest BCUT2D eigenvalue weighted by Gasteiger charge is -2.19. The fraction of sp³-hybridized carbons (Fsp3) is 0.667. The number of aryl methyl sites for hydroxylation is 1. The second-order valence-corrected chi connectivity index (χ2v) is 4.74. The van der Waals surface area contributed by atoms with Gasteiger partial charge in [-0.1, -0.05) is 13.3 Å². The maximum Gasteiger partial charge on any atom is 0.273 e. The van der Waals surface area contributed by atoms with Gasteiger partial charge in [0, 0.05) is 12.6 Å². The first-order chi connectivity index (χ1) is 8.47. The lowest BCUT2D eigenvalue weighted by molar-refractivity contribution is 0.0939. The molecule has 102 valence electrons. The van der Waals surface area contributed by atoms with E-state index < -0.39 is 0 Å². The molecule has 6 heteroatoms. The third-order valence-corrected chi connectivity index (χ3v) is 3.04. The molecule has 0 aliphatic carbocycles. The highest BCUT2D eigenvalue weighted by molar-refractivity contribution is 5.97. The maximum absolute atomic E-state index is 11.9. The highest BCUT2D eigenvalue weighted by Gasteiger charge is 2.17. The standard InChI is InChI=1S/C12H23N5O/c1-5-6-9-10(13)11(16-15-9)12(18)14-7-8(2)17(3)4/h8H,5-7,13H2,1-4H3,(H,14,18)(H,15,16). The van der Waals surface area contributed by atoms with Gasteiger partial charge >= 0.3 is 0 Å². The summed E-state index contributed by atoms with van der Waals surface area (Å²) in [6.07, 6.45) is 1.77. The Bertz CT molecular complexity index is 399. The van der Waals surface area contributed by atoms with Crippen LogP contribution in [0.4, 0.5) is 5.69 Å². The van der Waals surface area contributed by atoms with Crippen LogP contribution in [0.1, 0.15) is 36.5 Å². The van der Waals surface area contributed by atoms with Crippen LogP contribution in [-0.4, -0.2) is 47.7 Å². The molecule has 1 aromatic rings. The number of nitrogens with one attached hydrogen (secondary N) is 2. The van der Waals surface area contributed by atoms with E-state index in [1.165, 1.54) is 0 Å². The number of H-pyrrole nitrogens is 1. The molecule has 0 spiro atoms. The van der Waals surface area contributed by atoms with Gasteiger partial charge in [0.1, 0.15) is 0 Å². The Hall–Kier alpha value is -1.56. The molecule has 0 aliphatic rings. The summed E-state index contributed by atoms with van der Waals surface area (Å²) in [4.78, 5) is 14.0. The number of anilines is 1. The summed E-state index contributed by atoms with van der Waals surface area (Å²) in [7, 11) is 3.94. The molecule has 1 aromatic heterocycles. The number of aromatic amines is 1. The number of nitrogens with two attached hydrogens (primary N) is 1. The normalized spacial score (nSPS) is 12.7. The predicted octanol–water partition coefficient (Wildman–Crippen LogP) is 0.624. The van der Waals surface area contributed by atoms with Crippen LogP contribution >= 0.6 is 0 Å². The highest BCUT2D eigenvalue weighted by atomic mass is 16.1. The van der Waals surface area contributed by atoms with E-state index in [4.69, 9.17) is 5.73 Å². The van der Waals surface area contributed by atoms with E-state index in [-0.39, 0.29) is 11.9 Å². The third kappa shape index (κ3) is 3.46. The second kappa shape index (κ2) is 6.39. The van der Waals surface area contributed by atoms with Crippen molar-refractivity contribution in [1.82, 2.24) is 20.4 Å².